The molecule has 3 atom stereocenters. The van der Waals surface area contributed by atoms with Crippen LogP contribution < -0.4 is 5.32 Å². The summed E-state index contributed by atoms with van der Waals surface area (Å²) in [4.78, 5) is 51.3. The molecular weight excluding hydrogens is 450 g/mol. The van der Waals surface area contributed by atoms with Crippen molar-refractivity contribution >= 4 is 35.1 Å². The SMILES string of the molecule is CCCC(=O)Nc1ncnn2c([C@H](OC(C)=O)[C@H](OC(C)=O)[C@@H](COC(C)=O)OC#N)ccc12. The third-order valence-corrected chi connectivity index (χ3v) is 4.42. The molecule has 0 saturated heterocycles. The van der Waals surface area contributed by atoms with Crippen molar-refractivity contribution in [2.24, 2.45) is 0 Å². The van der Waals surface area contributed by atoms with Crippen LogP contribution in [0.1, 0.15) is 52.3 Å². The Morgan fingerprint density at radius 3 is 2.41 bits per heavy atom. The minimum absolute atomic E-state index is 0.218. The number of anilines is 1. The second-order valence-electron chi connectivity index (χ2n) is 7.12. The van der Waals surface area contributed by atoms with Gasteiger partial charge in [-0.05, 0) is 18.6 Å². The number of esters is 3. The Morgan fingerprint density at radius 2 is 1.82 bits per heavy atom. The van der Waals surface area contributed by atoms with Crippen LogP contribution in [0.4, 0.5) is 5.82 Å². The van der Waals surface area contributed by atoms with Gasteiger partial charge in [0.05, 0.1) is 5.69 Å². The van der Waals surface area contributed by atoms with Crippen molar-refractivity contribution in [3.8, 4) is 6.26 Å². The van der Waals surface area contributed by atoms with Crippen LogP contribution in [0.25, 0.3) is 5.52 Å². The molecule has 0 aliphatic rings. The number of carbonyl (C=O) groups is 4. The van der Waals surface area contributed by atoms with E-state index in [1.807, 2.05) is 6.92 Å². The maximum atomic E-state index is 12.1. The maximum absolute atomic E-state index is 12.1. The molecule has 34 heavy (non-hydrogen) atoms. The van der Waals surface area contributed by atoms with E-state index in [1.165, 1.54) is 23.2 Å². The van der Waals surface area contributed by atoms with Crippen LogP contribution in [0.5, 0.6) is 0 Å². The molecule has 13 nitrogen and oxygen atoms in total. The van der Waals surface area contributed by atoms with Crippen molar-refractivity contribution in [1.82, 2.24) is 14.6 Å². The lowest BCUT2D eigenvalue weighted by molar-refractivity contribution is -0.180. The first-order chi connectivity index (χ1) is 16.2. The number of hydrogen-bond acceptors (Lipinski definition) is 11. The highest BCUT2D eigenvalue weighted by Crippen LogP contribution is 2.30. The summed E-state index contributed by atoms with van der Waals surface area (Å²) in [5, 5.41) is 15.9. The molecule has 0 bridgehead atoms. The van der Waals surface area contributed by atoms with E-state index >= 15 is 0 Å². The zero-order valence-electron chi connectivity index (χ0n) is 19.1. The van der Waals surface area contributed by atoms with Crippen molar-refractivity contribution in [2.45, 2.75) is 58.8 Å². The minimum Gasteiger partial charge on any atom is -0.462 e. The summed E-state index contributed by atoms with van der Waals surface area (Å²) in [5.74, 6) is -2.19. The van der Waals surface area contributed by atoms with Crippen molar-refractivity contribution in [3.05, 3.63) is 24.2 Å². The third-order valence-electron chi connectivity index (χ3n) is 4.42. The predicted octanol–water partition coefficient (Wildman–Crippen LogP) is 1.43. The molecule has 1 amide bonds. The van der Waals surface area contributed by atoms with Crippen LogP contribution in [0.3, 0.4) is 0 Å². The zero-order chi connectivity index (χ0) is 25.3. The summed E-state index contributed by atoms with van der Waals surface area (Å²) in [6, 6.07) is 3.10. The van der Waals surface area contributed by atoms with Crippen LogP contribution in [-0.2, 0) is 38.1 Å². The number of carbonyl (C=O) groups excluding carboxylic acids is 4. The van der Waals surface area contributed by atoms with Crippen LogP contribution in [0, 0.1) is 11.5 Å². The topological polar surface area (TPSA) is 171 Å². The molecule has 2 aromatic heterocycles. The summed E-state index contributed by atoms with van der Waals surface area (Å²) in [6.45, 7) is 4.81. The Kier molecular flexibility index (Phi) is 9.30. The standard InChI is InChI=1S/C21H25N5O8/c1-5-6-18(30)25-21-16-8-7-15(26(16)24-11-23-21)19(33-13(3)28)20(34-14(4)29)17(32-10-22)9-31-12(2)27/h7-8,11,17,19-20H,5-6,9H2,1-4H3,(H,23,24,25,30)/t17-,19+,20-/m1/s1. The average Bonchev–Trinajstić information content (AvgIpc) is 3.18. The molecule has 2 heterocycles. The lowest BCUT2D eigenvalue weighted by Crippen LogP contribution is -2.42. The van der Waals surface area contributed by atoms with Gasteiger partial charge in [-0.1, -0.05) is 6.92 Å². The summed E-state index contributed by atoms with van der Waals surface area (Å²) < 4.78 is 22.1. The lowest BCUT2D eigenvalue weighted by Gasteiger charge is -2.30. The Morgan fingerprint density at radius 1 is 1.12 bits per heavy atom. The number of aromatic nitrogens is 3. The van der Waals surface area contributed by atoms with E-state index in [2.05, 4.69) is 15.4 Å². The highest BCUT2D eigenvalue weighted by molar-refractivity contribution is 5.93. The van der Waals surface area contributed by atoms with Gasteiger partial charge >= 0.3 is 17.9 Å². The molecule has 0 aliphatic heterocycles. The van der Waals surface area contributed by atoms with Crippen LogP contribution >= 0.6 is 0 Å². The Balaban J connectivity index is 2.57. The van der Waals surface area contributed by atoms with E-state index in [0.29, 0.717) is 11.9 Å². The molecule has 2 rings (SSSR count). The lowest BCUT2D eigenvalue weighted by atomic mass is 10.0. The number of rotatable bonds is 11. The van der Waals surface area contributed by atoms with Gasteiger partial charge in [-0.15, -0.1) is 0 Å². The molecule has 13 heteroatoms. The molecule has 182 valence electrons. The summed E-state index contributed by atoms with van der Waals surface area (Å²) in [5.41, 5.74) is 0.595. The van der Waals surface area contributed by atoms with Gasteiger partial charge in [0.25, 0.3) is 6.26 Å². The van der Waals surface area contributed by atoms with E-state index in [4.69, 9.17) is 24.2 Å². The van der Waals surface area contributed by atoms with Crippen LogP contribution in [-0.4, -0.2) is 57.2 Å². The number of nitrogens with zero attached hydrogens (tertiary/aromatic N) is 4. The summed E-state index contributed by atoms with van der Waals surface area (Å²) in [7, 11) is 0. The van der Waals surface area contributed by atoms with Crippen molar-refractivity contribution < 1.29 is 38.1 Å². The van der Waals surface area contributed by atoms with Crippen molar-refractivity contribution in [3.63, 3.8) is 0 Å². The molecular formula is C21H25N5O8. The predicted molar refractivity (Wildman–Crippen MR) is 114 cm³/mol. The first-order valence-corrected chi connectivity index (χ1v) is 10.3. The van der Waals surface area contributed by atoms with Gasteiger partial charge in [0.2, 0.25) is 5.91 Å². The molecule has 0 fully saturated rings. The number of fused-ring (bicyclic) bond motifs is 1. The zero-order valence-corrected chi connectivity index (χ0v) is 19.1. The van der Waals surface area contributed by atoms with Gasteiger partial charge in [-0.2, -0.15) is 10.4 Å². The highest BCUT2D eigenvalue weighted by atomic mass is 16.6. The number of nitriles is 1. The van der Waals surface area contributed by atoms with Gasteiger partial charge in [0, 0.05) is 27.2 Å². The molecule has 0 spiro atoms. The third kappa shape index (κ3) is 6.89. The molecule has 0 aromatic carbocycles. The van der Waals surface area contributed by atoms with Gasteiger partial charge < -0.3 is 24.3 Å². The van der Waals surface area contributed by atoms with Gasteiger partial charge in [-0.3, -0.25) is 19.2 Å². The fraction of sp³-hybridized carbons (Fsp3) is 0.476. The maximum Gasteiger partial charge on any atom is 0.303 e. The van der Waals surface area contributed by atoms with E-state index < -0.39 is 42.8 Å². The molecule has 0 unspecified atom stereocenters. The van der Waals surface area contributed by atoms with Gasteiger partial charge in [0.1, 0.15) is 18.5 Å². The molecule has 0 radical (unpaired) electrons. The highest BCUT2D eigenvalue weighted by Gasteiger charge is 2.40. The van der Waals surface area contributed by atoms with Crippen LogP contribution in [0.15, 0.2) is 18.5 Å². The monoisotopic (exact) mass is 475 g/mol. The Bertz CT molecular complexity index is 1090. The molecule has 0 aliphatic carbocycles. The van der Waals surface area contributed by atoms with Crippen molar-refractivity contribution in [1.29, 1.82) is 5.26 Å². The van der Waals surface area contributed by atoms with Gasteiger partial charge in [0.15, 0.2) is 24.1 Å². The Hall–Kier alpha value is -4.21. The number of ether oxygens (including phenoxy) is 4. The number of hydrogen-bond donors (Lipinski definition) is 1. The van der Waals surface area contributed by atoms with E-state index in [-0.39, 0.29) is 23.8 Å². The Labute approximate surface area is 194 Å². The second-order valence-corrected chi connectivity index (χ2v) is 7.12. The number of nitrogens with one attached hydrogen (secondary N) is 1. The van der Waals surface area contributed by atoms with E-state index in [9.17, 15) is 19.2 Å². The summed E-state index contributed by atoms with van der Waals surface area (Å²) in [6.07, 6.45) is -0.440. The first kappa shape index (κ1) is 26.0. The minimum atomic E-state index is -1.40. The second kappa shape index (κ2) is 12.1. The van der Waals surface area contributed by atoms with Crippen LogP contribution in [0.2, 0.25) is 0 Å². The van der Waals surface area contributed by atoms with Gasteiger partial charge in [-0.25, -0.2) is 9.50 Å². The summed E-state index contributed by atoms with van der Waals surface area (Å²) >= 11 is 0. The van der Waals surface area contributed by atoms with Crippen molar-refractivity contribution in [2.75, 3.05) is 11.9 Å². The fourth-order valence-electron chi connectivity index (χ4n) is 3.15. The average molecular weight is 475 g/mol. The quantitative estimate of drug-likeness (QED) is 0.283. The van der Waals surface area contributed by atoms with E-state index in [1.54, 1.807) is 6.07 Å². The smallest absolute Gasteiger partial charge is 0.303 e. The van der Waals surface area contributed by atoms with E-state index in [0.717, 1.165) is 20.8 Å². The molecule has 1 N–H and O–H groups in total. The largest absolute Gasteiger partial charge is 0.462 e. The first-order valence-electron chi connectivity index (χ1n) is 10.3. The molecule has 2 aromatic rings. The normalized spacial score (nSPS) is 13.1. The molecule has 0 saturated carbocycles. The fourth-order valence-corrected chi connectivity index (χ4v) is 3.15. The number of amides is 1.